The van der Waals surface area contributed by atoms with Gasteiger partial charge in [-0.05, 0) is 6.42 Å². The van der Waals surface area contributed by atoms with Crippen LogP contribution in [0.25, 0.3) is 0 Å². The first-order chi connectivity index (χ1) is 7.62. The van der Waals surface area contributed by atoms with Crippen molar-refractivity contribution in [3.63, 3.8) is 0 Å². The van der Waals surface area contributed by atoms with Gasteiger partial charge in [-0.2, -0.15) is 0 Å². The van der Waals surface area contributed by atoms with Gasteiger partial charge in [0.25, 0.3) is 0 Å². The number of ether oxygens (including phenoxy) is 2. The number of hydrogen-bond donors (Lipinski definition) is 3. The molecule has 0 heterocycles. The lowest BCUT2D eigenvalue weighted by Crippen LogP contribution is -2.48. The van der Waals surface area contributed by atoms with Crippen molar-refractivity contribution < 1.29 is 24.8 Å². The first kappa shape index (κ1) is 15.4. The molecule has 0 aliphatic heterocycles. The zero-order chi connectivity index (χ0) is 12.6. The Bertz CT molecular complexity index is 209. The lowest BCUT2D eigenvalue weighted by Gasteiger charge is -2.30. The van der Waals surface area contributed by atoms with Crippen LogP contribution in [0.3, 0.4) is 0 Å². The van der Waals surface area contributed by atoms with Gasteiger partial charge in [-0.15, -0.1) is 6.42 Å². The summed E-state index contributed by atoms with van der Waals surface area (Å²) in [6, 6.07) is 0. The van der Waals surface area contributed by atoms with Gasteiger partial charge in [-0.3, -0.25) is 0 Å². The van der Waals surface area contributed by atoms with Crippen LogP contribution in [0.15, 0.2) is 0 Å². The minimum atomic E-state index is -1.13. The maximum absolute atomic E-state index is 9.86. The van der Waals surface area contributed by atoms with Crippen LogP contribution in [0, 0.1) is 12.3 Å². The second-order valence-electron chi connectivity index (χ2n) is 3.40. The molecule has 5 heteroatoms. The van der Waals surface area contributed by atoms with Gasteiger partial charge < -0.3 is 24.8 Å². The predicted molar refractivity (Wildman–Crippen MR) is 58.8 cm³/mol. The smallest absolute Gasteiger partial charge is 0.113 e. The molecule has 0 saturated carbocycles. The summed E-state index contributed by atoms with van der Waals surface area (Å²) in [5, 5.41) is 28.5. The average molecular weight is 232 g/mol. The maximum Gasteiger partial charge on any atom is 0.113 e. The Kier molecular flexibility index (Phi) is 8.16. The monoisotopic (exact) mass is 232 g/mol. The Morgan fingerprint density at radius 1 is 1.38 bits per heavy atom. The summed E-state index contributed by atoms with van der Waals surface area (Å²) in [5.74, 6) is 2.26. The minimum Gasteiger partial charge on any atom is -0.394 e. The van der Waals surface area contributed by atoms with Crippen molar-refractivity contribution in [3.05, 3.63) is 0 Å². The van der Waals surface area contributed by atoms with E-state index in [4.69, 9.17) is 21.0 Å². The zero-order valence-electron chi connectivity index (χ0n) is 9.67. The van der Waals surface area contributed by atoms with Gasteiger partial charge in [0, 0.05) is 7.11 Å². The number of aliphatic hydroxyl groups is 3. The number of hydrogen-bond acceptors (Lipinski definition) is 5. The van der Waals surface area contributed by atoms with E-state index >= 15 is 0 Å². The molecule has 4 atom stereocenters. The minimum absolute atomic E-state index is 0.0132. The van der Waals surface area contributed by atoms with E-state index in [2.05, 4.69) is 5.92 Å². The average Bonchev–Trinajstić information content (AvgIpc) is 2.30. The van der Waals surface area contributed by atoms with E-state index in [1.54, 1.807) is 6.92 Å². The highest BCUT2D eigenvalue weighted by molar-refractivity contribution is 4.87. The third kappa shape index (κ3) is 4.47. The Hall–Kier alpha value is -0.640. The highest BCUT2D eigenvalue weighted by Gasteiger charge is 2.32. The number of methoxy groups -OCH3 is 1. The SMILES string of the molecule is C#CCOC(C(O)CC)C(O)C(CO)OC. The van der Waals surface area contributed by atoms with E-state index in [0.29, 0.717) is 6.42 Å². The van der Waals surface area contributed by atoms with Crippen molar-refractivity contribution in [1.29, 1.82) is 0 Å². The normalized spacial score (nSPS) is 18.5. The third-order valence-electron chi connectivity index (χ3n) is 2.36. The Morgan fingerprint density at radius 2 is 2.00 bits per heavy atom. The molecule has 0 saturated heterocycles. The van der Waals surface area contributed by atoms with Gasteiger partial charge in [-0.25, -0.2) is 0 Å². The summed E-state index contributed by atoms with van der Waals surface area (Å²) in [6.45, 7) is 1.38. The summed E-state index contributed by atoms with van der Waals surface area (Å²) in [7, 11) is 1.36. The maximum atomic E-state index is 9.86. The molecule has 0 radical (unpaired) electrons. The van der Waals surface area contributed by atoms with E-state index < -0.39 is 24.4 Å². The Morgan fingerprint density at radius 3 is 2.38 bits per heavy atom. The lowest BCUT2D eigenvalue weighted by atomic mass is 10.0. The Labute approximate surface area is 96.0 Å². The van der Waals surface area contributed by atoms with Crippen LogP contribution in [-0.4, -0.2) is 60.1 Å². The summed E-state index contributed by atoms with van der Waals surface area (Å²) >= 11 is 0. The summed E-state index contributed by atoms with van der Waals surface area (Å²) in [5.41, 5.74) is 0. The molecule has 0 bridgehead atoms. The largest absolute Gasteiger partial charge is 0.394 e. The molecule has 16 heavy (non-hydrogen) atoms. The fourth-order valence-electron chi connectivity index (χ4n) is 1.35. The second-order valence-corrected chi connectivity index (χ2v) is 3.40. The van der Waals surface area contributed by atoms with Crippen molar-refractivity contribution in [2.45, 2.75) is 37.8 Å². The molecule has 0 rings (SSSR count). The van der Waals surface area contributed by atoms with Crippen LogP contribution >= 0.6 is 0 Å². The van der Waals surface area contributed by atoms with Crippen molar-refractivity contribution in [1.82, 2.24) is 0 Å². The third-order valence-corrected chi connectivity index (χ3v) is 2.36. The molecule has 0 aliphatic rings. The van der Waals surface area contributed by atoms with Crippen LogP contribution in [0.4, 0.5) is 0 Å². The van der Waals surface area contributed by atoms with Crippen molar-refractivity contribution >= 4 is 0 Å². The molecule has 3 N–H and O–H groups in total. The molecule has 0 aromatic rings. The summed E-state index contributed by atoms with van der Waals surface area (Å²) in [4.78, 5) is 0. The quantitative estimate of drug-likeness (QED) is 0.475. The van der Waals surface area contributed by atoms with Gasteiger partial charge in [0.2, 0.25) is 0 Å². The second kappa shape index (κ2) is 8.50. The highest BCUT2D eigenvalue weighted by atomic mass is 16.5. The van der Waals surface area contributed by atoms with Gasteiger partial charge in [0.1, 0.15) is 24.9 Å². The van der Waals surface area contributed by atoms with Crippen molar-refractivity contribution in [3.8, 4) is 12.3 Å². The summed E-state index contributed by atoms with van der Waals surface area (Å²) in [6.07, 6.45) is 1.81. The van der Waals surface area contributed by atoms with Gasteiger partial charge in [0.05, 0.1) is 12.7 Å². The molecule has 5 nitrogen and oxygen atoms in total. The van der Waals surface area contributed by atoms with Gasteiger partial charge >= 0.3 is 0 Å². The van der Waals surface area contributed by atoms with Crippen LogP contribution in [0.1, 0.15) is 13.3 Å². The molecule has 0 spiro atoms. The molecule has 0 fully saturated rings. The fourth-order valence-corrected chi connectivity index (χ4v) is 1.35. The van der Waals surface area contributed by atoms with Crippen LogP contribution in [0.2, 0.25) is 0 Å². The molecule has 0 aromatic carbocycles. The molecular weight excluding hydrogens is 212 g/mol. The molecule has 0 aromatic heterocycles. The van der Waals surface area contributed by atoms with Gasteiger partial charge in [-0.1, -0.05) is 12.8 Å². The first-order valence-electron chi connectivity index (χ1n) is 5.17. The number of terminal acetylenes is 1. The van der Waals surface area contributed by atoms with E-state index in [1.807, 2.05) is 0 Å². The first-order valence-corrected chi connectivity index (χ1v) is 5.17. The molecular formula is C11H20O5. The van der Waals surface area contributed by atoms with Crippen LogP contribution in [-0.2, 0) is 9.47 Å². The standard InChI is InChI=1S/C11H20O5/c1-4-6-16-11(8(13)5-2)10(14)9(7-12)15-3/h1,8-14H,5-7H2,2-3H3. The molecule has 4 unspecified atom stereocenters. The Balaban J connectivity index is 4.53. The number of aliphatic hydroxyl groups excluding tert-OH is 3. The topological polar surface area (TPSA) is 79.2 Å². The van der Waals surface area contributed by atoms with Crippen molar-refractivity contribution in [2.75, 3.05) is 20.3 Å². The van der Waals surface area contributed by atoms with E-state index in [-0.39, 0.29) is 13.2 Å². The lowest BCUT2D eigenvalue weighted by molar-refractivity contribution is -0.143. The number of rotatable bonds is 8. The predicted octanol–water partition coefficient (Wildman–Crippen LogP) is -0.856. The van der Waals surface area contributed by atoms with E-state index in [1.165, 1.54) is 7.11 Å². The van der Waals surface area contributed by atoms with Gasteiger partial charge in [0.15, 0.2) is 0 Å². The summed E-state index contributed by atoms with van der Waals surface area (Å²) < 4.78 is 10.0. The molecule has 0 amide bonds. The van der Waals surface area contributed by atoms with E-state index in [9.17, 15) is 10.2 Å². The highest BCUT2D eigenvalue weighted by Crippen LogP contribution is 2.13. The molecule has 0 aliphatic carbocycles. The van der Waals surface area contributed by atoms with E-state index in [0.717, 1.165) is 0 Å². The molecule has 94 valence electrons. The zero-order valence-corrected chi connectivity index (χ0v) is 9.67. The van der Waals surface area contributed by atoms with Crippen molar-refractivity contribution in [2.24, 2.45) is 0 Å². The van der Waals surface area contributed by atoms with Crippen LogP contribution < -0.4 is 0 Å². The van der Waals surface area contributed by atoms with Crippen LogP contribution in [0.5, 0.6) is 0 Å². The fraction of sp³-hybridized carbons (Fsp3) is 0.818.